The van der Waals surface area contributed by atoms with Gasteiger partial charge in [0.25, 0.3) is 0 Å². The molecule has 0 bridgehead atoms. The van der Waals surface area contributed by atoms with E-state index in [-0.39, 0.29) is 19.0 Å². The van der Waals surface area contributed by atoms with E-state index in [9.17, 15) is 0 Å². The van der Waals surface area contributed by atoms with Gasteiger partial charge in [-0.3, -0.25) is 0 Å². The average Bonchev–Trinajstić information content (AvgIpc) is 2.41. The normalized spacial score (nSPS) is 11.0. The predicted octanol–water partition coefficient (Wildman–Crippen LogP) is 2.54. The molecule has 0 aromatic heterocycles. The van der Waals surface area contributed by atoms with Crippen LogP contribution in [0.5, 0.6) is 11.5 Å². The van der Waals surface area contributed by atoms with E-state index in [1.165, 1.54) is 11.1 Å². The van der Waals surface area contributed by atoms with E-state index >= 15 is 0 Å². The van der Waals surface area contributed by atoms with Crippen LogP contribution in [-0.4, -0.2) is 31.5 Å². The lowest BCUT2D eigenvalue weighted by atomic mass is 10.3. The Labute approximate surface area is 127 Å². The molecule has 0 aliphatic carbocycles. The standard InChI is InChI=1S/C16H26O2Si2/c1-13(2)9-19-11-17-15-5-7-16(8-6-15)18-12-20-10-14(3)4/h5-10H,11-12,19-20H2,1-4H3. The zero-order valence-electron chi connectivity index (χ0n) is 13.1. The highest BCUT2D eigenvalue weighted by molar-refractivity contribution is 6.42. The third-order valence-corrected chi connectivity index (χ3v) is 5.79. The highest BCUT2D eigenvalue weighted by Crippen LogP contribution is 2.17. The number of hydrogen-bond acceptors (Lipinski definition) is 2. The van der Waals surface area contributed by atoms with Crippen LogP contribution in [0.2, 0.25) is 0 Å². The van der Waals surface area contributed by atoms with E-state index in [4.69, 9.17) is 9.47 Å². The summed E-state index contributed by atoms with van der Waals surface area (Å²) in [4.78, 5) is 0. The zero-order chi connectivity index (χ0) is 14.8. The molecule has 0 aliphatic heterocycles. The number of rotatable bonds is 8. The van der Waals surface area contributed by atoms with Crippen molar-refractivity contribution in [1.29, 1.82) is 0 Å². The van der Waals surface area contributed by atoms with Gasteiger partial charge in [-0.05, 0) is 52.0 Å². The molecule has 0 heterocycles. The molecule has 0 N–H and O–H groups in total. The maximum Gasteiger partial charge on any atom is 0.119 e. The van der Waals surface area contributed by atoms with Crippen molar-refractivity contribution in [2.75, 3.05) is 12.5 Å². The summed E-state index contributed by atoms with van der Waals surface area (Å²) < 4.78 is 11.5. The van der Waals surface area contributed by atoms with Crippen molar-refractivity contribution in [2.45, 2.75) is 27.7 Å². The largest absolute Gasteiger partial charge is 0.497 e. The van der Waals surface area contributed by atoms with Gasteiger partial charge in [-0.15, -0.1) is 0 Å². The Morgan fingerprint density at radius 3 is 1.45 bits per heavy atom. The molecule has 0 atom stereocenters. The van der Waals surface area contributed by atoms with Gasteiger partial charge in [0, 0.05) is 0 Å². The molecule has 0 saturated carbocycles. The Kier molecular flexibility index (Phi) is 8.06. The Morgan fingerprint density at radius 1 is 0.800 bits per heavy atom. The minimum Gasteiger partial charge on any atom is -0.497 e. The molecule has 110 valence electrons. The lowest BCUT2D eigenvalue weighted by Gasteiger charge is -2.07. The number of hydrogen-bond donors (Lipinski definition) is 0. The number of allylic oxidation sites excluding steroid dienone is 2. The third kappa shape index (κ3) is 8.02. The van der Waals surface area contributed by atoms with Crippen LogP contribution >= 0.6 is 0 Å². The molecule has 0 spiro atoms. The van der Waals surface area contributed by atoms with Gasteiger partial charge in [-0.25, -0.2) is 0 Å². The van der Waals surface area contributed by atoms with Crippen LogP contribution in [0.1, 0.15) is 27.7 Å². The molecular formula is C16H26O2Si2. The van der Waals surface area contributed by atoms with Crippen molar-refractivity contribution in [3.8, 4) is 11.5 Å². The minimum absolute atomic E-state index is 0.230. The van der Waals surface area contributed by atoms with E-state index in [2.05, 4.69) is 39.1 Å². The molecule has 0 fully saturated rings. The first-order chi connectivity index (χ1) is 9.58. The minimum atomic E-state index is -0.230. The summed E-state index contributed by atoms with van der Waals surface area (Å²) >= 11 is 0. The van der Waals surface area contributed by atoms with Gasteiger partial charge in [0.1, 0.15) is 11.5 Å². The van der Waals surface area contributed by atoms with E-state index in [0.717, 1.165) is 24.0 Å². The summed E-state index contributed by atoms with van der Waals surface area (Å²) in [5.74, 6) is 1.88. The SMILES string of the molecule is CC(C)=C[SiH2]COc1ccc(OC[SiH2]C=C(C)C)cc1. The third-order valence-electron chi connectivity index (χ3n) is 2.70. The lowest BCUT2D eigenvalue weighted by Crippen LogP contribution is -2.06. The van der Waals surface area contributed by atoms with Gasteiger partial charge in [0.15, 0.2) is 0 Å². The number of benzene rings is 1. The highest BCUT2D eigenvalue weighted by Gasteiger charge is 1.96. The molecule has 0 unspecified atom stereocenters. The first-order valence-corrected chi connectivity index (χ1v) is 10.8. The van der Waals surface area contributed by atoms with Crippen LogP contribution in [0.4, 0.5) is 0 Å². The van der Waals surface area contributed by atoms with Crippen molar-refractivity contribution in [3.05, 3.63) is 46.8 Å². The second-order valence-electron chi connectivity index (χ2n) is 5.31. The van der Waals surface area contributed by atoms with Gasteiger partial charge >= 0.3 is 0 Å². The monoisotopic (exact) mass is 306 g/mol. The Morgan fingerprint density at radius 2 is 1.15 bits per heavy atom. The quantitative estimate of drug-likeness (QED) is 0.543. The summed E-state index contributed by atoms with van der Waals surface area (Å²) in [5.41, 5.74) is 7.44. The molecule has 0 saturated heterocycles. The molecular weight excluding hydrogens is 280 g/mol. The summed E-state index contributed by atoms with van der Waals surface area (Å²) in [6, 6.07) is 7.98. The highest BCUT2D eigenvalue weighted by atomic mass is 28.2. The van der Waals surface area contributed by atoms with Gasteiger partial charge in [-0.2, -0.15) is 0 Å². The fourth-order valence-corrected chi connectivity index (χ4v) is 3.78. The Balaban J connectivity index is 2.29. The van der Waals surface area contributed by atoms with Gasteiger partial charge < -0.3 is 9.47 Å². The predicted molar refractivity (Wildman–Crippen MR) is 93.4 cm³/mol. The smallest absolute Gasteiger partial charge is 0.119 e. The first kappa shape index (κ1) is 16.8. The molecule has 1 rings (SSSR count). The van der Waals surface area contributed by atoms with Gasteiger partial charge in [0.05, 0.1) is 31.5 Å². The van der Waals surface area contributed by atoms with Crippen LogP contribution in [0.15, 0.2) is 46.8 Å². The van der Waals surface area contributed by atoms with Crippen LogP contribution in [-0.2, 0) is 0 Å². The summed E-state index contributed by atoms with van der Waals surface area (Å²) in [5, 5.41) is 0. The molecule has 0 aliphatic rings. The van der Waals surface area contributed by atoms with Crippen molar-refractivity contribution >= 4 is 19.0 Å². The number of ether oxygens (including phenoxy) is 2. The van der Waals surface area contributed by atoms with Crippen molar-refractivity contribution in [2.24, 2.45) is 0 Å². The molecule has 2 nitrogen and oxygen atoms in total. The summed E-state index contributed by atoms with van der Waals surface area (Å²) in [7, 11) is -0.461. The molecule has 4 heteroatoms. The molecule has 1 aromatic rings. The van der Waals surface area contributed by atoms with E-state index in [1.807, 2.05) is 24.3 Å². The molecule has 0 radical (unpaired) electrons. The van der Waals surface area contributed by atoms with Crippen LogP contribution < -0.4 is 9.47 Å². The average molecular weight is 307 g/mol. The lowest BCUT2D eigenvalue weighted by molar-refractivity contribution is 0.374. The van der Waals surface area contributed by atoms with Crippen LogP contribution in [0.25, 0.3) is 0 Å². The van der Waals surface area contributed by atoms with Crippen molar-refractivity contribution < 1.29 is 9.47 Å². The molecule has 1 aromatic carbocycles. The fourth-order valence-electron chi connectivity index (χ4n) is 1.68. The Bertz CT molecular complexity index is 399. The van der Waals surface area contributed by atoms with Crippen molar-refractivity contribution in [1.82, 2.24) is 0 Å². The molecule has 0 amide bonds. The maximum atomic E-state index is 5.73. The summed E-state index contributed by atoms with van der Waals surface area (Å²) in [6.07, 6.45) is 1.72. The second-order valence-corrected chi connectivity index (χ2v) is 8.10. The second kappa shape index (κ2) is 9.61. The van der Waals surface area contributed by atoms with Gasteiger partial charge in [-0.1, -0.05) is 22.5 Å². The van der Waals surface area contributed by atoms with Gasteiger partial charge in [0.2, 0.25) is 0 Å². The first-order valence-electron chi connectivity index (χ1n) is 7.20. The van der Waals surface area contributed by atoms with Crippen LogP contribution in [0, 0.1) is 0 Å². The topological polar surface area (TPSA) is 18.5 Å². The molecule has 20 heavy (non-hydrogen) atoms. The fraction of sp³-hybridized carbons (Fsp3) is 0.375. The van der Waals surface area contributed by atoms with Crippen LogP contribution in [0.3, 0.4) is 0 Å². The van der Waals surface area contributed by atoms with E-state index < -0.39 is 0 Å². The maximum absolute atomic E-state index is 5.73. The summed E-state index contributed by atoms with van der Waals surface area (Å²) in [6.45, 7) is 8.55. The van der Waals surface area contributed by atoms with E-state index in [0.29, 0.717) is 0 Å². The van der Waals surface area contributed by atoms with Crippen molar-refractivity contribution in [3.63, 3.8) is 0 Å². The zero-order valence-corrected chi connectivity index (χ0v) is 15.9. The Hall–Kier alpha value is -1.27. The van der Waals surface area contributed by atoms with E-state index in [1.54, 1.807) is 0 Å².